The molecule has 0 radical (unpaired) electrons. The molecule has 0 saturated carbocycles. The third kappa shape index (κ3) is 3.20. The van der Waals surface area contributed by atoms with Gasteiger partial charge in [0.1, 0.15) is 5.75 Å². The molecule has 0 heterocycles. The van der Waals surface area contributed by atoms with Gasteiger partial charge in [0.2, 0.25) is 0 Å². The summed E-state index contributed by atoms with van der Waals surface area (Å²) in [5, 5.41) is 18.6. The zero-order valence-corrected chi connectivity index (χ0v) is 8.76. The van der Waals surface area contributed by atoms with E-state index in [1.54, 1.807) is 18.2 Å². The largest absolute Gasteiger partial charge is 0.494 e. The molecule has 4 nitrogen and oxygen atoms in total. The van der Waals surface area contributed by atoms with Crippen molar-refractivity contribution in [2.75, 3.05) is 13.2 Å². The van der Waals surface area contributed by atoms with E-state index in [1.165, 1.54) is 0 Å². The van der Waals surface area contributed by atoms with E-state index in [-0.39, 0.29) is 6.61 Å². The van der Waals surface area contributed by atoms with Gasteiger partial charge in [0.15, 0.2) is 0 Å². The molecule has 0 aromatic heterocycles. The summed E-state index contributed by atoms with van der Waals surface area (Å²) in [6.07, 6.45) is -0.865. The first-order chi connectivity index (χ1) is 7.19. The minimum absolute atomic E-state index is 0.250. The molecule has 15 heavy (non-hydrogen) atoms. The summed E-state index contributed by atoms with van der Waals surface area (Å²) in [5.74, 6) is 0.694. The van der Waals surface area contributed by atoms with Crippen molar-refractivity contribution >= 4 is 0 Å². The van der Waals surface area contributed by atoms with Gasteiger partial charge in [0.25, 0.3) is 0 Å². The Labute approximate surface area is 89.3 Å². The quantitative estimate of drug-likeness (QED) is 0.660. The lowest BCUT2D eigenvalue weighted by Crippen LogP contribution is -2.31. The molecule has 1 rings (SSSR count). The van der Waals surface area contributed by atoms with E-state index in [9.17, 15) is 5.11 Å². The predicted molar refractivity (Wildman–Crippen MR) is 57.6 cm³/mol. The van der Waals surface area contributed by atoms with Gasteiger partial charge < -0.3 is 20.7 Å². The van der Waals surface area contributed by atoms with Gasteiger partial charge in [-0.15, -0.1) is 0 Å². The van der Waals surface area contributed by atoms with Crippen LogP contribution in [-0.2, 0) is 0 Å². The second-order valence-corrected chi connectivity index (χ2v) is 3.30. The number of hydrogen-bond donors (Lipinski definition) is 3. The van der Waals surface area contributed by atoms with Crippen molar-refractivity contribution in [3.63, 3.8) is 0 Å². The lowest BCUT2D eigenvalue weighted by Gasteiger charge is -2.17. The molecule has 0 amide bonds. The Morgan fingerprint density at radius 3 is 2.80 bits per heavy atom. The molecule has 4 heteroatoms. The van der Waals surface area contributed by atoms with Crippen LogP contribution < -0.4 is 10.5 Å². The molecule has 0 aliphatic carbocycles. The van der Waals surface area contributed by atoms with E-state index >= 15 is 0 Å². The summed E-state index contributed by atoms with van der Waals surface area (Å²) in [7, 11) is 0. The van der Waals surface area contributed by atoms with E-state index in [4.69, 9.17) is 15.6 Å². The highest BCUT2D eigenvalue weighted by molar-refractivity contribution is 5.30. The van der Waals surface area contributed by atoms with Gasteiger partial charge in [-0.05, 0) is 24.6 Å². The van der Waals surface area contributed by atoms with Crippen molar-refractivity contribution in [3.8, 4) is 5.75 Å². The summed E-state index contributed by atoms with van der Waals surface area (Å²) in [4.78, 5) is 0. The molecule has 4 N–H and O–H groups in total. The molecule has 0 aliphatic heterocycles. The number of benzene rings is 1. The van der Waals surface area contributed by atoms with Crippen molar-refractivity contribution in [1.29, 1.82) is 0 Å². The molecule has 1 aromatic carbocycles. The minimum Gasteiger partial charge on any atom is -0.494 e. The third-order valence-electron chi connectivity index (χ3n) is 2.13. The summed E-state index contributed by atoms with van der Waals surface area (Å²) in [6.45, 7) is 2.22. The van der Waals surface area contributed by atoms with Gasteiger partial charge in [-0.2, -0.15) is 0 Å². The highest BCUT2D eigenvalue weighted by atomic mass is 16.5. The molecule has 1 aromatic rings. The molecule has 0 bridgehead atoms. The van der Waals surface area contributed by atoms with Crippen LogP contribution in [0.4, 0.5) is 0 Å². The molecular formula is C11H17NO3. The Hall–Kier alpha value is -1.10. The van der Waals surface area contributed by atoms with Crippen LogP contribution in [0.1, 0.15) is 18.6 Å². The number of nitrogens with two attached hydrogens (primary N) is 1. The fraction of sp³-hybridized carbons (Fsp3) is 0.455. The first-order valence-electron chi connectivity index (χ1n) is 4.96. The Balaban J connectivity index is 2.80. The topological polar surface area (TPSA) is 75.7 Å². The summed E-state index contributed by atoms with van der Waals surface area (Å²) >= 11 is 0. The number of aliphatic hydroxyl groups is 2. The fourth-order valence-electron chi connectivity index (χ4n) is 1.30. The van der Waals surface area contributed by atoms with Crippen LogP contribution in [0.15, 0.2) is 24.3 Å². The van der Waals surface area contributed by atoms with E-state index in [0.717, 1.165) is 0 Å². The number of aliphatic hydroxyl groups excluding tert-OH is 2. The zero-order chi connectivity index (χ0) is 11.3. The van der Waals surface area contributed by atoms with Crippen molar-refractivity contribution in [3.05, 3.63) is 29.8 Å². The third-order valence-corrected chi connectivity index (χ3v) is 2.13. The van der Waals surface area contributed by atoms with Crippen molar-refractivity contribution in [2.45, 2.75) is 19.1 Å². The second kappa shape index (κ2) is 5.70. The average molecular weight is 211 g/mol. The van der Waals surface area contributed by atoms with Crippen LogP contribution in [0.2, 0.25) is 0 Å². The summed E-state index contributed by atoms with van der Waals surface area (Å²) < 4.78 is 5.30. The summed E-state index contributed by atoms with van der Waals surface area (Å²) in [5.41, 5.74) is 6.19. The molecule has 0 fully saturated rings. The van der Waals surface area contributed by atoms with Crippen LogP contribution in [0, 0.1) is 0 Å². The van der Waals surface area contributed by atoms with Gasteiger partial charge in [-0.25, -0.2) is 0 Å². The van der Waals surface area contributed by atoms with Crippen molar-refractivity contribution in [1.82, 2.24) is 0 Å². The molecule has 0 saturated heterocycles. The first kappa shape index (κ1) is 12.0. The van der Waals surface area contributed by atoms with Crippen LogP contribution in [-0.4, -0.2) is 29.5 Å². The molecule has 0 aliphatic rings. The number of hydrogen-bond acceptors (Lipinski definition) is 4. The maximum absolute atomic E-state index is 9.74. The van der Waals surface area contributed by atoms with E-state index in [2.05, 4.69) is 0 Å². The lowest BCUT2D eigenvalue weighted by atomic mass is 10.0. The zero-order valence-electron chi connectivity index (χ0n) is 8.76. The standard InChI is InChI=1S/C11H17NO3/c1-2-15-9-5-3-4-8(6-9)11(14)10(12)7-13/h3-6,10-11,13-14H,2,7,12H2,1H3. The molecule has 0 spiro atoms. The van der Waals surface area contributed by atoms with Gasteiger partial charge >= 0.3 is 0 Å². The second-order valence-electron chi connectivity index (χ2n) is 3.30. The average Bonchev–Trinajstić information content (AvgIpc) is 2.28. The highest BCUT2D eigenvalue weighted by Gasteiger charge is 2.16. The monoisotopic (exact) mass is 211 g/mol. The van der Waals surface area contributed by atoms with Gasteiger partial charge in [-0.1, -0.05) is 12.1 Å². The molecule has 84 valence electrons. The first-order valence-corrected chi connectivity index (χ1v) is 4.96. The number of ether oxygens (including phenoxy) is 1. The SMILES string of the molecule is CCOc1cccc(C(O)C(N)CO)c1. The number of rotatable bonds is 5. The normalized spacial score (nSPS) is 14.7. The van der Waals surface area contributed by atoms with Gasteiger partial charge in [0.05, 0.1) is 25.4 Å². The Morgan fingerprint density at radius 1 is 1.47 bits per heavy atom. The Kier molecular flexibility index (Phi) is 4.55. The van der Waals surface area contributed by atoms with Crippen LogP contribution in [0.5, 0.6) is 5.75 Å². The van der Waals surface area contributed by atoms with E-state index in [1.807, 2.05) is 13.0 Å². The molecule has 2 atom stereocenters. The van der Waals surface area contributed by atoms with E-state index < -0.39 is 12.1 Å². The maximum Gasteiger partial charge on any atom is 0.119 e. The lowest BCUT2D eigenvalue weighted by molar-refractivity contribution is 0.109. The van der Waals surface area contributed by atoms with Crippen molar-refractivity contribution < 1.29 is 14.9 Å². The predicted octanol–water partition coefficient (Wildman–Crippen LogP) is 0.438. The van der Waals surface area contributed by atoms with E-state index in [0.29, 0.717) is 17.9 Å². The Morgan fingerprint density at radius 2 is 2.20 bits per heavy atom. The van der Waals surface area contributed by atoms with Crippen LogP contribution in [0.3, 0.4) is 0 Å². The van der Waals surface area contributed by atoms with Crippen molar-refractivity contribution in [2.24, 2.45) is 5.73 Å². The highest BCUT2D eigenvalue weighted by Crippen LogP contribution is 2.20. The molecule has 2 unspecified atom stereocenters. The minimum atomic E-state index is -0.865. The van der Waals surface area contributed by atoms with Gasteiger partial charge in [0, 0.05) is 0 Å². The smallest absolute Gasteiger partial charge is 0.119 e. The van der Waals surface area contributed by atoms with Crippen LogP contribution >= 0.6 is 0 Å². The molecular weight excluding hydrogens is 194 g/mol. The van der Waals surface area contributed by atoms with Gasteiger partial charge in [-0.3, -0.25) is 0 Å². The maximum atomic E-state index is 9.74. The van der Waals surface area contributed by atoms with Crippen LogP contribution in [0.25, 0.3) is 0 Å². The summed E-state index contributed by atoms with van der Waals surface area (Å²) in [6, 6.07) is 6.41. The fourth-order valence-corrected chi connectivity index (χ4v) is 1.30. The Bertz CT molecular complexity index is 304.